The van der Waals surface area contributed by atoms with Crippen LogP contribution in [-0.4, -0.2) is 50.1 Å². The Bertz CT molecular complexity index is 284. The van der Waals surface area contributed by atoms with Gasteiger partial charge in [0.15, 0.2) is 0 Å². The fraction of sp³-hybridized carbons (Fsp3) is 0.857. The van der Waals surface area contributed by atoms with Crippen LogP contribution in [0.3, 0.4) is 0 Å². The number of hydrogen-bond donors (Lipinski definition) is 6. The van der Waals surface area contributed by atoms with Crippen molar-refractivity contribution in [1.29, 1.82) is 0 Å². The summed E-state index contributed by atoms with van der Waals surface area (Å²) in [6, 6.07) is -1.05. The van der Waals surface area contributed by atoms with Gasteiger partial charge >= 0.3 is 0 Å². The van der Waals surface area contributed by atoms with Crippen LogP contribution in [0.15, 0.2) is 0 Å². The molecule has 0 fully saturated rings. The monoisotopic (exact) mass is 316 g/mol. The summed E-state index contributed by atoms with van der Waals surface area (Å²) >= 11 is 0. The van der Waals surface area contributed by atoms with E-state index in [2.05, 4.69) is 10.6 Å². The van der Waals surface area contributed by atoms with Gasteiger partial charge in [0.2, 0.25) is 11.8 Å². The molecular formula is C14H32N6O2. The molecule has 0 saturated heterocycles. The number of nitrogens with two attached hydrogens (primary N) is 4. The summed E-state index contributed by atoms with van der Waals surface area (Å²) in [5, 5.41) is 5.38. The molecule has 0 saturated carbocycles. The quantitative estimate of drug-likeness (QED) is 0.218. The molecular weight excluding hydrogens is 284 g/mol. The van der Waals surface area contributed by atoms with Gasteiger partial charge in [-0.1, -0.05) is 12.8 Å². The predicted molar refractivity (Wildman–Crippen MR) is 87.8 cm³/mol. The fourth-order valence-electron chi connectivity index (χ4n) is 1.91. The lowest BCUT2D eigenvalue weighted by Gasteiger charge is -2.14. The van der Waals surface area contributed by atoms with Crippen LogP contribution in [0.2, 0.25) is 0 Å². The molecule has 10 N–H and O–H groups in total. The smallest absolute Gasteiger partial charge is 0.236 e. The molecule has 22 heavy (non-hydrogen) atoms. The third-order valence-electron chi connectivity index (χ3n) is 3.34. The van der Waals surface area contributed by atoms with E-state index in [1.807, 2.05) is 0 Å². The molecule has 2 atom stereocenters. The first-order chi connectivity index (χ1) is 10.5. The normalized spacial score (nSPS) is 13.5. The lowest BCUT2D eigenvalue weighted by Crippen LogP contribution is -2.46. The third-order valence-corrected chi connectivity index (χ3v) is 3.34. The first kappa shape index (κ1) is 20.8. The Hall–Kier alpha value is -1.22. The van der Waals surface area contributed by atoms with Gasteiger partial charge in [0.1, 0.15) is 0 Å². The number of carbonyl (C=O) groups excluding carboxylic acids is 2. The van der Waals surface area contributed by atoms with Crippen molar-refractivity contribution in [2.24, 2.45) is 22.9 Å². The largest absolute Gasteiger partial charge is 0.353 e. The van der Waals surface area contributed by atoms with Crippen LogP contribution in [0.25, 0.3) is 0 Å². The van der Waals surface area contributed by atoms with Crippen LogP contribution in [0.4, 0.5) is 0 Å². The highest BCUT2D eigenvalue weighted by Gasteiger charge is 2.14. The van der Waals surface area contributed by atoms with E-state index in [4.69, 9.17) is 22.9 Å². The standard InChI is InChI=1S/C14H32N6O2/c15-7-3-1-5-11(17)13(21)19-9-10-20-14(22)12(18)6-2-4-8-16/h11-12H,1-10,15-18H2,(H,19,21)(H,20,22). The van der Waals surface area contributed by atoms with Gasteiger partial charge in [-0.2, -0.15) is 0 Å². The summed E-state index contributed by atoms with van der Waals surface area (Å²) in [4.78, 5) is 23.3. The van der Waals surface area contributed by atoms with Crippen LogP contribution in [-0.2, 0) is 9.59 Å². The second-order valence-corrected chi connectivity index (χ2v) is 5.36. The molecule has 0 radical (unpaired) electrons. The van der Waals surface area contributed by atoms with Crippen molar-refractivity contribution in [2.75, 3.05) is 26.2 Å². The fourth-order valence-corrected chi connectivity index (χ4v) is 1.91. The van der Waals surface area contributed by atoms with Gasteiger partial charge < -0.3 is 33.6 Å². The molecule has 0 aromatic carbocycles. The highest BCUT2D eigenvalue weighted by atomic mass is 16.2. The summed E-state index contributed by atoms with van der Waals surface area (Å²) in [6.45, 7) is 1.88. The molecule has 0 aliphatic carbocycles. The average Bonchev–Trinajstić information content (AvgIpc) is 2.51. The number of rotatable bonds is 13. The zero-order valence-electron chi connectivity index (χ0n) is 13.4. The molecule has 0 aliphatic heterocycles. The van der Waals surface area contributed by atoms with Crippen LogP contribution in [0, 0.1) is 0 Å². The second kappa shape index (κ2) is 13.4. The summed E-state index contributed by atoms with van der Waals surface area (Å²) in [6.07, 6.45) is 4.61. The Labute approximate surface area is 132 Å². The van der Waals surface area contributed by atoms with Gasteiger partial charge in [-0.15, -0.1) is 0 Å². The van der Waals surface area contributed by atoms with Gasteiger partial charge in [0.25, 0.3) is 0 Å². The van der Waals surface area contributed by atoms with Crippen molar-refractivity contribution >= 4 is 11.8 Å². The minimum Gasteiger partial charge on any atom is -0.353 e. The maximum absolute atomic E-state index is 11.7. The Morgan fingerprint density at radius 1 is 0.727 bits per heavy atom. The molecule has 8 nitrogen and oxygen atoms in total. The van der Waals surface area contributed by atoms with E-state index >= 15 is 0 Å². The zero-order chi connectivity index (χ0) is 16.8. The van der Waals surface area contributed by atoms with Crippen LogP contribution < -0.4 is 33.6 Å². The van der Waals surface area contributed by atoms with E-state index in [1.54, 1.807) is 0 Å². The SMILES string of the molecule is NCCCCC(N)C(=O)NCCNC(=O)C(N)CCCCN. The second-order valence-electron chi connectivity index (χ2n) is 5.36. The number of nitrogens with one attached hydrogen (secondary N) is 2. The summed E-state index contributed by atoms with van der Waals surface area (Å²) < 4.78 is 0. The van der Waals surface area contributed by atoms with E-state index in [-0.39, 0.29) is 11.8 Å². The minimum absolute atomic E-state index is 0.210. The molecule has 130 valence electrons. The average molecular weight is 316 g/mol. The lowest BCUT2D eigenvalue weighted by molar-refractivity contribution is -0.124. The Morgan fingerprint density at radius 3 is 1.41 bits per heavy atom. The zero-order valence-corrected chi connectivity index (χ0v) is 13.4. The third kappa shape index (κ3) is 10.5. The molecule has 0 spiro atoms. The molecule has 0 heterocycles. The number of unbranched alkanes of at least 4 members (excludes halogenated alkanes) is 2. The van der Waals surface area contributed by atoms with Gasteiger partial charge in [0.05, 0.1) is 12.1 Å². The van der Waals surface area contributed by atoms with Gasteiger partial charge in [0, 0.05) is 13.1 Å². The maximum Gasteiger partial charge on any atom is 0.236 e. The van der Waals surface area contributed by atoms with E-state index in [1.165, 1.54) is 0 Å². The number of hydrogen-bond acceptors (Lipinski definition) is 6. The van der Waals surface area contributed by atoms with Gasteiger partial charge in [-0.25, -0.2) is 0 Å². The van der Waals surface area contributed by atoms with E-state index in [0.29, 0.717) is 39.0 Å². The summed E-state index contributed by atoms with van der Waals surface area (Å²) in [7, 11) is 0. The Morgan fingerprint density at radius 2 is 1.09 bits per heavy atom. The van der Waals surface area contributed by atoms with Crippen molar-refractivity contribution in [1.82, 2.24) is 10.6 Å². The molecule has 0 rings (SSSR count). The van der Waals surface area contributed by atoms with Crippen molar-refractivity contribution in [3.05, 3.63) is 0 Å². The molecule has 0 aromatic rings. The van der Waals surface area contributed by atoms with Gasteiger partial charge in [-0.3, -0.25) is 9.59 Å². The number of amides is 2. The van der Waals surface area contributed by atoms with Crippen molar-refractivity contribution in [3.63, 3.8) is 0 Å². The Balaban J connectivity index is 3.69. The number of carbonyl (C=O) groups is 2. The highest BCUT2D eigenvalue weighted by molar-refractivity contribution is 5.82. The summed E-state index contributed by atoms with van der Waals surface area (Å²) in [5.74, 6) is -0.419. The van der Waals surface area contributed by atoms with E-state index < -0.39 is 12.1 Å². The van der Waals surface area contributed by atoms with E-state index in [0.717, 1.165) is 25.7 Å². The topological polar surface area (TPSA) is 162 Å². The molecule has 0 aromatic heterocycles. The van der Waals surface area contributed by atoms with Crippen LogP contribution >= 0.6 is 0 Å². The minimum atomic E-state index is -0.527. The molecule has 2 amide bonds. The maximum atomic E-state index is 11.7. The Kier molecular flexibility index (Phi) is 12.7. The first-order valence-electron chi connectivity index (χ1n) is 7.99. The van der Waals surface area contributed by atoms with Gasteiger partial charge in [-0.05, 0) is 38.8 Å². The summed E-state index contributed by atoms with van der Waals surface area (Å²) in [5.41, 5.74) is 22.3. The van der Waals surface area contributed by atoms with Crippen molar-refractivity contribution < 1.29 is 9.59 Å². The molecule has 2 unspecified atom stereocenters. The van der Waals surface area contributed by atoms with Crippen LogP contribution in [0.1, 0.15) is 38.5 Å². The first-order valence-corrected chi connectivity index (χ1v) is 7.99. The van der Waals surface area contributed by atoms with Crippen LogP contribution in [0.5, 0.6) is 0 Å². The molecule has 0 aliphatic rings. The van der Waals surface area contributed by atoms with Crippen molar-refractivity contribution in [2.45, 2.75) is 50.6 Å². The lowest BCUT2D eigenvalue weighted by atomic mass is 10.1. The molecule has 0 bridgehead atoms. The molecule has 8 heteroatoms. The highest BCUT2D eigenvalue weighted by Crippen LogP contribution is 1.98. The van der Waals surface area contributed by atoms with E-state index in [9.17, 15) is 9.59 Å². The predicted octanol–water partition coefficient (Wildman–Crippen LogP) is -1.87. The van der Waals surface area contributed by atoms with Crippen molar-refractivity contribution in [3.8, 4) is 0 Å².